The predicted molar refractivity (Wildman–Crippen MR) is 107 cm³/mol. The molecule has 0 aliphatic heterocycles. The first-order chi connectivity index (χ1) is 11.9. The van der Waals surface area contributed by atoms with Crippen molar-refractivity contribution < 1.29 is 0 Å². The van der Waals surface area contributed by atoms with Crippen molar-refractivity contribution in [2.45, 2.75) is 19.0 Å². The van der Waals surface area contributed by atoms with Crippen molar-refractivity contribution >= 4 is 46.4 Å². The maximum Gasteiger partial charge on any atom is 0.252 e. The van der Waals surface area contributed by atoms with Crippen molar-refractivity contribution in [3.63, 3.8) is 0 Å². The molecule has 0 spiro atoms. The Kier molecular flexibility index (Phi) is 9.43. The topological polar surface area (TPSA) is 8.72 Å². The minimum Gasteiger partial charge on any atom is -0.312 e. The largest absolute Gasteiger partial charge is 0.312 e. The number of hydrogen-bond donors (Lipinski definition) is 0. The molecule has 6 heteroatoms. The summed E-state index contributed by atoms with van der Waals surface area (Å²) in [7, 11) is 0. The Morgan fingerprint density at radius 3 is 2.00 bits per heavy atom. The van der Waals surface area contributed by atoms with Crippen molar-refractivity contribution in [1.29, 1.82) is 0 Å². The maximum atomic E-state index is 7.03. The van der Waals surface area contributed by atoms with Gasteiger partial charge in [0.15, 0.2) is 0 Å². The normalized spacial score (nSPS) is 10.6. The average Bonchev–Trinajstić information content (AvgIpc) is 2.59. The first-order valence-corrected chi connectivity index (χ1v) is 8.63. The van der Waals surface area contributed by atoms with Crippen LogP contribution in [-0.2, 0) is 6.54 Å². The second kappa shape index (κ2) is 11.0. The fourth-order valence-corrected chi connectivity index (χ4v) is 2.50. The SMILES string of the molecule is [C-]#[N+]C(CC=C)c1ccc(Cl)c(Cl)c1.[C-]#[N+]Cc1ccc(Cl)c(Cl)c1. The van der Waals surface area contributed by atoms with E-state index in [9.17, 15) is 0 Å². The Hall–Kier alpha value is -1.68. The van der Waals surface area contributed by atoms with Gasteiger partial charge in [-0.2, -0.15) is 0 Å². The van der Waals surface area contributed by atoms with E-state index in [2.05, 4.69) is 16.3 Å². The molecule has 0 aromatic heterocycles. The predicted octanol–water partition coefficient (Wildman–Crippen LogP) is 7.94. The molecule has 2 aromatic carbocycles. The summed E-state index contributed by atoms with van der Waals surface area (Å²) in [6.07, 6.45) is 2.35. The molecule has 25 heavy (non-hydrogen) atoms. The van der Waals surface area contributed by atoms with E-state index in [1.165, 1.54) is 0 Å². The molecule has 1 atom stereocenters. The maximum absolute atomic E-state index is 7.03. The minimum absolute atomic E-state index is 0.206. The monoisotopic (exact) mass is 410 g/mol. The Balaban J connectivity index is 0.000000257. The summed E-state index contributed by atoms with van der Waals surface area (Å²) >= 11 is 23.0. The van der Waals surface area contributed by atoms with Crippen LogP contribution >= 0.6 is 46.4 Å². The van der Waals surface area contributed by atoms with Gasteiger partial charge in [-0.05, 0) is 30.3 Å². The Morgan fingerprint density at radius 2 is 1.52 bits per heavy atom. The Labute approximate surface area is 168 Å². The van der Waals surface area contributed by atoms with Gasteiger partial charge < -0.3 is 9.69 Å². The highest BCUT2D eigenvalue weighted by molar-refractivity contribution is 6.42. The number of benzene rings is 2. The summed E-state index contributed by atoms with van der Waals surface area (Å²) in [6.45, 7) is 17.6. The lowest BCUT2D eigenvalue weighted by molar-refractivity contribution is 0.860. The smallest absolute Gasteiger partial charge is 0.252 e. The third kappa shape index (κ3) is 6.99. The fourth-order valence-electron chi connectivity index (χ4n) is 1.87. The van der Waals surface area contributed by atoms with Crippen molar-refractivity contribution in [3.05, 3.63) is 103 Å². The van der Waals surface area contributed by atoms with E-state index in [0.29, 0.717) is 33.1 Å². The van der Waals surface area contributed by atoms with Crippen molar-refractivity contribution in [1.82, 2.24) is 0 Å². The van der Waals surface area contributed by atoms with E-state index in [1.54, 1.807) is 36.4 Å². The van der Waals surface area contributed by atoms with Crippen molar-refractivity contribution in [2.24, 2.45) is 0 Å². The van der Waals surface area contributed by atoms with Crippen LogP contribution in [0.25, 0.3) is 9.69 Å². The van der Waals surface area contributed by atoms with Crippen LogP contribution in [0.4, 0.5) is 0 Å². The summed E-state index contributed by atoms with van der Waals surface area (Å²) in [6, 6.07) is 10.3. The number of nitrogens with zero attached hydrogens (tertiary/aromatic N) is 2. The lowest BCUT2D eigenvalue weighted by Crippen LogP contribution is -1.91. The molecule has 0 saturated heterocycles. The fraction of sp³-hybridized carbons (Fsp3) is 0.158. The molecule has 0 fully saturated rings. The van der Waals surface area contributed by atoms with E-state index in [1.807, 2.05) is 6.07 Å². The lowest BCUT2D eigenvalue weighted by Gasteiger charge is -2.04. The molecular weight excluding hydrogens is 398 g/mol. The Bertz CT molecular complexity index is 819. The number of rotatable bonds is 4. The van der Waals surface area contributed by atoms with E-state index in [0.717, 1.165) is 11.1 Å². The van der Waals surface area contributed by atoms with Gasteiger partial charge in [0.2, 0.25) is 6.54 Å². The van der Waals surface area contributed by atoms with Gasteiger partial charge in [0.05, 0.1) is 20.1 Å². The quantitative estimate of drug-likeness (QED) is 0.356. The van der Waals surface area contributed by atoms with Gasteiger partial charge >= 0.3 is 0 Å². The van der Waals surface area contributed by atoms with E-state index in [4.69, 9.17) is 59.5 Å². The van der Waals surface area contributed by atoms with Gasteiger partial charge in [-0.25, -0.2) is 13.1 Å². The van der Waals surface area contributed by atoms with E-state index < -0.39 is 0 Å². The first-order valence-electron chi connectivity index (χ1n) is 7.12. The average molecular weight is 412 g/mol. The Morgan fingerprint density at radius 1 is 0.920 bits per heavy atom. The van der Waals surface area contributed by atoms with E-state index in [-0.39, 0.29) is 6.04 Å². The third-order valence-electron chi connectivity index (χ3n) is 3.12. The molecule has 128 valence electrons. The molecule has 2 nitrogen and oxygen atoms in total. The molecule has 0 heterocycles. The van der Waals surface area contributed by atoms with Gasteiger partial charge in [-0.15, -0.1) is 6.58 Å². The van der Waals surface area contributed by atoms with Crippen molar-refractivity contribution in [3.8, 4) is 0 Å². The zero-order valence-electron chi connectivity index (χ0n) is 13.1. The second-order valence-electron chi connectivity index (χ2n) is 4.91. The zero-order chi connectivity index (χ0) is 18.8. The lowest BCUT2D eigenvalue weighted by atomic mass is 10.0. The molecule has 0 aliphatic rings. The highest BCUT2D eigenvalue weighted by Crippen LogP contribution is 2.29. The van der Waals surface area contributed by atoms with Crippen LogP contribution in [0.2, 0.25) is 20.1 Å². The summed E-state index contributed by atoms with van der Waals surface area (Å²) in [5, 5.41) is 2.04. The van der Waals surface area contributed by atoms with Crippen LogP contribution in [0.1, 0.15) is 23.6 Å². The van der Waals surface area contributed by atoms with Crippen LogP contribution in [0, 0.1) is 13.1 Å². The second-order valence-corrected chi connectivity index (χ2v) is 6.54. The molecule has 0 saturated carbocycles. The van der Waals surface area contributed by atoms with Gasteiger partial charge in [-0.1, -0.05) is 58.5 Å². The number of halogens is 4. The highest BCUT2D eigenvalue weighted by atomic mass is 35.5. The summed E-state index contributed by atoms with van der Waals surface area (Å²) in [5.74, 6) is 0. The first kappa shape index (κ1) is 21.4. The summed E-state index contributed by atoms with van der Waals surface area (Å²) < 4.78 is 0. The molecule has 2 rings (SSSR count). The third-order valence-corrected chi connectivity index (χ3v) is 4.60. The van der Waals surface area contributed by atoms with Gasteiger partial charge in [0, 0.05) is 17.5 Å². The summed E-state index contributed by atoms with van der Waals surface area (Å²) in [5.41, 5.74) is 1.78. The van der Waals surface area contributed by atoms with Crippen LogP contribution in [0.3, 0.4) is 0 Å². The van der Waals surface area contributed by atoms with Gasteiger partial charge in [-0.3, -0.25) is 0 Å². The van der Waals surface area contributed by atoms with Crippen LogP contribution in [-0.4, -0.2) is 0 Å². The van der Waals surface area contributed by atoms with Crippen LogP contribution in [0.15, 0.2) is 49.1 Å². The molecular formula is C19H14Cl4N2. The number of hydrogen-bond acceptors (Lipinski definition) is 0. The van der Waals surface area contributed by atoms with Gasteiger partial charge in [0.1, 0.15) is 0 Å². The standard InChI is InChI=1S/C11H9Cl2N.C8H5Cl2N/c1-3-4-11(14-2)8-5-6-9(12)10(13)7-8;1-11-5-6-2-3-7(9)8(10)4-6/h3,5-7,11H,1,4H2;2-4H,5H2. The zero-order valence-corrected chi connectivity index (χ0v) is 16.2. The van der Waals surface area contributed by atoms with Gasteiger partial charge in [0.25, 0.3) is 6.04 Å². The molecule has 2 aromatic rings. The molecule has 0 radical (unpaired) electrons. The minimum atomic E-state index is -0.206. The van der Waals surface area contributed by atoms with Crippen LogP contribution < -0.4 is 0 Å². The van der Waals surface area contributed by atoms with E-state index >= 15 is 0 Å². The molecule has 1 unspecified atom stereocenters. The summed E-state index contributed by atoms with van der Waals surface area (Å²) in [4.78, 5) is 6.72. The molecule has 0 N–H and O–H groups in total. The molecule has 0 bridgehead atoms. The molecule has 0 amide bonds. The van der Waals surface area contributed by atoms with Crippen molar-refractivity contribution in [2.75, 3.05) is 0 Å². The molecule has 0 aliphatic carbocycles. The highest BCUT2D eigenvalue weighted by Gasteiger charge is 2.14. The van der Waals surface area contributed by atoms with Crippen LogP contribution in [0.5, 0.6) is 0 Å².